The van der Waals surface area contributed by atoms with Gasteiger partial charge in [-0.15, -0.1) is 0 Å². The Morgan fingerprint density at radius 1 is 1.09 bits per heavy atom. The summed E-state index contributed by atoms with van der Waals surface area (Å²) in [7, 11) is 0. The molecule has 2 aromatic heterocycles. The average Bonchev–Trinajstić information content (AvgIpc) is 3.27. The van der Waals surface area contributed by atoms with Crippen LogP contribution in [0, 0.1) is 11.3 Å². The van der Waals surface area contributed by atoms with Crippen molar-refractivity contribution in [1.29, 1.82) is 5.26 Å². The van der Waals surface area contributed by atoms with Crippen LogP contribution in [0.25, 0.3) is 10.9 Å². The molecule has 178 valence electrons. The van der Waals surface area contributed by atoms with E-state index in [0.29, 0.717) is 40.4 Å². The van der Waals surface area contributed by atoms with Gasteiger partial charge in [0, 0.05) is 23.6 Å². The standard InChI is InChI=1S/C27H27FN6O/c28-18-19-6-8-21(9-7-19)32-25-24-23(12-17-30-26(24)35)34(33-25)27(15-16-29)13-10-22(11-14-27)31-20-4-2-1-3-5-20/h1-9,12,17,22,31H,10-11,13-15,18H2,(H,30,35)(H,32,33). The highest BCUT2D eigenvalue weighted by molar-refractivity contribution is 5.91. The van der Waals surface area contributed by atoms with E-state index in [0.717, 1.165) is 31.4 Å². The Morgan fingerprint density at radius 3 is 2.51 bits per heavy atom. The maximum atomic E-state index is 12.9. The van der Waals surface area contributed by atoms with Crippen molar-refractivity contribution in [1.82, 2.24) is 14.8 Å². The number of nitrogens with one attached hydrogen (secondary N) is 3. The first-order valence-electron chi connectivity index (χ1n) is 11.8. The largest absolute Gasteiger partial charge is 0.382 e. The Hall–Kier alpha value is -4.12. The third-order valence-electron chi connectivity index (χ3n) is 6.89. The lowest BCUT2D eigenvalue weighted by atomic mass is 9.77. The molecule has 35 heavy (non-hydrogen) atoms. The van der Waals surface area contributed by atoms with Gasteiger partial charge in [0.25, 0.3) is 5.56 Å². The molecule has 1 aliphatic carbocycles. The molecular weight excluding hydrogens is 443 g/mol. The second-order valence-electron chi connectivity index (χ2n) is 9.13. The summed E-state index contributed by atoms with van der Waals surface area (Å²) < 4.78 is 14.8. The van der Waals surface area contributed by atoms with Gasteiger partial charge in [-0.2, -0.15) is 10.4 Å². The van der Waals surface area contributed by atoms with Crippen molar-refractivity contribution in [3.63, 3.8) is 0 Å². The summed E-state index contributed by atoms with van der Waals surface area (Å²) >= 11 is 0. The van der Waals surface area contributed by atoms with Crippen LogP contribution in [-0.4, -0.2) is 20.8 Å². The second kappa shape index (κ2) is 9.63. The van der Waals surface area contributed by atoms with Crippen molar-refractivity contribution in [3.8, 4) is 6.07 Å². The SMILES string of the molecule is N#CCC1(n2nc(Nc3ccc(CF)cc3)c3c(=O)[nH]ccc32)CCC(Nc2ccccc2)CC1. The molecular formula is C27H27FN6O. The molecule has 7 nitrogen and oxygen atoms in total. The van der Waals surface area contributed by atoms with Crippen molar-refractivity contribution in [2.75, 3.05) is 10.6 Å². The van der Waals surface area contributed by atoms with Gasteiger partial charge in [0.15, 0.2) is 5.82 Å². The first-order valence-corrected chi connectivity index (χ1v) is 11.8. The quantitative estimate of drug-likeness (QED) is 0.326. The summed E-state index contributed by atoms with van der Waals surface area (Å²) in [6, 6.07) is 21.6. The fourth-order valence-corrected chi connectivity index (χ4v) is 5.02. The number of H-pyrrole nitrogens is 1. The Balaban J connectivity index is 1.48. The molecule has 8 heteroatoms. The van der Waals surface area contributed by atoms with Crippen LogP contribution in [0.2, 0.25) is 0 Å². The number of hydrogen-bond donors (Lipinski definition) is 3. The van der Waals surface area contributed by atoms with E-state index >= 15 is 0 Å². The number of aromatic nitrogens is 3. The maximum absolute atomic E-state index is 12.9. The average molecular weight is 471 g/mol. The van der Waals surface area contributed by atoms with Crippen molar-refractivity contribution in [2.45, 2.75) is 50.4 Å². The minimum Gasteiger partial charge on any atom is -0.382 e. The molecule has 0 atom stereocenters. The molecule has 0 spiro atoms. The molecule has 0 saturated heterocycles. The zero-order valence-electron chi connectivity index (χ0n) is 19.3. The van der Waals surface area contributed by atoms with Crippen molar-refractivity contribution in [2.24, 2.45) is 0 Å². The Morgan fingerprint density at radius 2 is 1.83 bits per heavy atom. The number of nitriles is 1. The van der Waals surface area contributed by atoms with Crippen LogP contribution >= 0.6 is 0 Å². The van der Waals surface area contributed by atoms with Crippen LogP contribution in [0.3, 0.4) is 0 Å². The molecule has 3 N–H and O–H groups in total. The number of fused-ring (bicyclic) bond motifs is 1. The Labute approximate surface area is 202 Å². The molecule has 4 aromatic rings. The number of anilines is 3. The lowest BCUT2D eigenvalue weighted by Gasteiger charge is -2.40. The first-order chi connectivity index (χ1) is 17.1. The number of hydrogen-bond acceptors (Lipinski definition) is 5. The van der Waals surface area contributed by atoms with Gasteiger partial charge in [-0.05, 0) is 61.6 Å². The van der Waals surface area contributed by atoms with E-state index in [9.17, 15) is 14.4 Å². The number of rotatable bonds is 7. The molecule has 0 radical (unpaired) electrons. The third-order valence-corrected chi connectivity index (χ3v) is 6.89. The predicted molar refractivity (Wildman–Crippen MR) is 135 cm³/mol. The normalized spacial score (nSPS) is 19.8. The molecule has 0 aliphatic heterocycles. The molecule has 1 saturated carbocycles. The van der Waals surface area contributed by atoms with Crippen LogP contribution in [0.1, 0.15) is 37.7 Å². The molecule has 2 aromatic carbocycles. The number of para-hydroxylation sites is 1. The summed E-state index contributed by atoms with van der Waals surface area (Å²) in [6.07, 6.45) is 5.21. The molecule has 1 fully saturated rings. The van der Waals surface area contributed by atoms with Crippen molar-refractivity contribution in [3.05, 3.63) is 82.8 Å². The van der Waals surface area contributed by atoms with E-state index < -0.39 is 12.2 Å². The molecule has 0 bridgehead atoms. The lowest BCUT2D eigenvalue weighted by Crippen LogP contribution is -2.41. The number of halogens is 1. The van der Waals surface area contributed by atoms with E-state index in [4.69, 9.17) is 5.10 Å². The summed E-state index contributed by atoms with van der Waals surface area (Å²) in [4.78, 5) is 15.6. The minimum absolute atomic E-state index is 0.247. The van der Waals surface area contributed by atoms with E-state index in [1.807, 2.05) is 28.9 Å². The van der Waals surface area contributed by atoms with E-state index in [-0.39, 0.29) is 5.56 Å². The molecule has 2 heterocycles. The highest BCUT2D eigenvalue weighted by Crippen LogP contribution is 2.41. The molecule has 0 unspecified atom stereocenters. The third kappa shape index (κ3) is 4.50. The topological polar surface area (TPSA) is 98.5 Å². The van der Waals surface area contributed by atoms with E-state index in [2.05, 4.69) is 33.8 Å². The van der Waals surface area contributed by atoms with Crippen LogP contribution < -0.4 is 16.2 Å². The molecule has 0 amide bonds. The van der Waals surface area contributed by atoms with Crippen LogP contribution in [0.15, 0.2) is 71.7 Å². The zero-order chi connectivity index (χ0) is 24.3. The minimum atomic E-state index is -0.533. The first kappa shape index (κ1) is 22.7. The molecule has 1 aliphatic rings. The number of pyridine rings is 1. The van der Waals surface area contributed by atoms with Gasteiger partial charge in [-0.3, -0.25) is 9.48 Å². The highest BCUT2D eigenvalue weighted by atomic mass is 19.1. The number of alkyl halides is 1. The van der Waals surface area contributed by atoms with Crippen molar-refractivity contribution >= 4 is 28.1 Å². The van der Waals surface area contributed by atoms with Gasteiger partial charge >= 0.3 is 0 Å². The van der Waals surface area contributed by atoms with Gasteiger partial charge in [0.05, 0.1) is 23.5 Å². The molecule has 5 rings (SSSR count). The van der Waals surface area contributed by atoms with Gasteiger partial charge in [-0.25, -0.2) is 4.39 Å². The smallest absolute Gasteiger partial charge is 0.261 e. The summed E-state index contributed by atoms with van der Waals surface area (Å²) in [5.41, 5.74) is 2.32. The van der Waals surface area contributed by atoms with Gasteiger partial charge < -0.3 is 15.6 Å². The van der Waals surface area contributed by atoms with Crippen LogP contribution in [-0.2, 0) is 12.2 Å². The monoisotopic (exact) mass is 470 g/mol. The zero-order valence-corrected chi connectivity index (χ0v) is 19.3. The van der Waals surface area contributed by atoms with Gasteiger partial charge in [0.1, 0.15) is 12.1 Å². The van der Waals surface area contributed by atoms with E-state index in [1.165, 1.54) is 0 Å². The number of aromatic amines is 1. The van der Waals surface area contributed by atoms with E-state index in [1.54, 1.807) is 30.5 Å². The number of nitrogens with zero attached hydrogens (tertiary/aromatic N) is 3. The summed E-state index contributed by atoms with van der Waals surface area (Å²) in [5, 5.41) is 21.9. The van der Waals surface area contributed by atoms with Crippen LogP contribution in [0.5, 0.6) is 0 Å². The van der Waals surface area contributed by atoms with Crippen LogP contribution in [0.4, 0.5) is 21.6 Å². The lowest BCUT2D eigenvalue weighted by molar-refractivity contribution is 0.177. The van der Waals surface area contributed by atoms with Gasteiger partial charge in [-0.1, -0.05) is 30.3 Å². The fourth-order valence-electron chi connectivity index (χ4n) is 5.02. The highest BCUT2D eigenvalue weighted by Gasteiger charge is 2.39. The Bertz CT molecular complexity index is 1400. The summed E-state index contributed by atoms with van der Waals surface area (Å²) in [6.45, 7) is -0.533. The summed E-state index contributed by atoms with van der Waals surface area (Å²) in [5.74, 6) is 0.427. The maximum Gasteiger partial charge on any atom is 0.261 e. The second-order valence-corrected chi connectivity index (χ2v) is 9.13. The predicted octanol–water partition coefficient (Wildman–Crippen LogP) is 5.60. The number of benzene rings is 2. The fraction of sp³-hybridized carbons (Fsp3) is 0.296. The van der Waals surface area contributed by atoms with Crippen molar-refractivity contribution < 1.29 is 4.39 Å². The Kier molecular flexibility index (Phi) is 6.23. The van der Waals surface area contributed by atoms with Gasteiger partial charge in [0.2, 0.25) is 0 Å².